The highest BCUT2D eigenvalue weighted by molar-refractivity contribution is 5.92. The lowest BCUT2D eigenvalue weighted by molar-refractivity contribution is -0.245. The van der Waals surface area contributed by atoms with Crippen molar-refractivity contribution in [1.82, 2.24) is 14.5 Å². The smallest absolute Gasteiger partial charge is 0.272 e. The number of amides is 1. The summed E-state index contributed by atoms with van der Waals surface area (Å²) in [7, 11) is 3.47. The molecule has 5 aliphatic carbocycles. The normalized spacial score (nSPS) is 44.0. The second-order valence-electron chi connectivity index (χ2n) is 19.2. The Morgan fingerprint density at radius 1 is 1.12 bits per heavy atom. The molecule has 10 heteroatoms. The van der Waals surface area contributed by atoms with Gasteiger partial charge < -0.3 is 39.0 Å². The molecule has 0 radical (unpaired) electrons. The van der Waals surface area contributed by atoms with Gasteiger partial charge in [0.05, 0.1) is 49.6 Å². The predicted molar refractivity (Wildman–Crippen MR) is 189 cm³/mol. The first kappa shape index (κ1) is 36.8. The number of hydrogen-bond acceptors (Lipinski definition) is 8. The second kappa shape index (κ2) is 12.2. The van der Waals surface area contributed by atoms with Gasteiger partial charge in [-0.1, -0.05) is 34.6 Å². The SMILES string of the molecule is COC(C[C@@H](C)[C@H]1C[C@H](O)[C@@]2(C)C3CC[C@H]4C(C)(C)C(O[C@H]5CN(C(=O)c6cncn6C)CCO5)CCC45CC35CCC12C)C(O)C(C)(C)O. The topological polar surface area (TPSA) is 127 Å². The molecule has 0 bridgehead atoms. The molecule has 1 aromatic heterocycles. The Bertz CT molecular complexity index is 1440. The van der Waals surface area contributed by atoms with Gasteiger partial charge in [0, 0.05) is 26.1 Å². The van der Waals surface area contributed by atoms with E-state index in [0.717, 1.165) is 38.5 Å². The molecule has 50 heavy (non-hydrogen) atoms. The number of hydrogen-bond donors (Lipinski definition) is 3. The number of carbonyl (C=O) groups excluding carboxylic acids is 1. The van der Waals surface area contributed by atoms with Crippen LogP contribution in [0.2, 0.25) is 0 Å². The Morgan fingerprint density at radius 2 is 1.82 bits per heavy atom. The van der Waals surface area contributed by atoms with Crippen molar-refractivity contribution in [3.63, 3.8) is 0 Å². The average Bonchev–Trinajstić information content (AvgIpc) is 3.44. The molecule has 13 atom stereocenters. The minimum Gasteiger partial charge on any atom is -0.393 e. The molecule has 5 saturated carbocycles. The summed E-state index contributed by atoms with van der Waals surface area (Å²) in [5.74, 6) is 1.56. The molecule has 3 N–H and O–H groups in total. The Morgan fingerprint density at radius 3 is 2.48 bits per heavy atom. The Labute approximate surface area is 299 Å². The summed E-state index contributed by atoms with van der Waals surface area (Å²) in [6.07, 6.45) is 10.6. The molecule has 6 fully saturated rings. The van der Waals surface area contributed by atoms with Crippen LogP contribution < -0.4 is 0 Å². The van der Waals surface area contributed by atoms with Crippen LogP contribution in [0.1, 0.15) is 117 Å². The predicted octanol–water partition coefficient (Wildman–Crippen LogP) is 5.19. The van der Waals surface area contributed by atoms with E-state index in [1.54, 1.807) is 38.0 Å². The molecule has 1 aromatic rings. The minimum atomic E-state index is -1.25. The maximum atomic E-state index is 13.3. The van der Waals surface area contributed by atoms with Crippen LogP contribution in [0.4, 0.5) is 0 Å². The maximum Gasteiger partial charge on any atom is 0.272 e. The Hall–Kier alpha value is -1.56. The Balaban J connectivity index is 1.06. The number of morpholine rings is 1. The third-order valence-electron chi connectivity index (χ3n) is 16.5. The zero-order chi connectivity index (χ0) is 36.2. The van der Waals surface area contributed by atoms with Crippen LogP contribution in [-0.2, 0) is 21.3 Å². The number of ether oxygens (including phenoxy) is 3. The number of rotatable bonds is 9. The number of methoxy groups -OCH3 is 1. The van der Waals surface area contributed by atoms with E-state index in [9.17, 15) is 20.1 Å². The van der Waals surface area contributed by atoms with Crippen molar-refractivity contribution in [2.45, 2.75) is 143 Å². The molecule has 2 heterocycles. The largest absolute Gasteiger partial charge is 0.393 e. The zero-order valence-electron chi connectivity index (χ0n) is 32.2. The van der Waals surface area contributed by atoms with Crippen molar-refractivity contribution in [1.29, 1.82) is 0 Å². The molecule has 10 nitrogen and oxygen atoms in total. The van der Waals surface area contributed by atoms with Gasteiger partial charge in [0.1, 0.15) is 11.8 Å². The first-order chi connectivity index (χ1) is 23.4. The molecule has 0 aromatic carbocycles. The van der Waals surface area contributed by atoms with Gasteiger partial charge in [0.25, 0.3) is 5.91 Å². The first-order valence-electron chi connectivity index (χ1n) is 19.5. The van der Waals surface area contributed by atoms with Crippen LogP contribution in [0, 0.1) is 50.7 Å². The fraction of sp³-hybridized carbons (Fsp3) is 0.900. The van der Waals surface area contributed by atoms with Gasteiger partial charge in [0.2, 0.25) is 0 Å². The molecular formula is C40H65N3O7. The van der Waals surface area contributed by atoms with Crippen molar-refractivity contribution in [3.8, 4) is 0 Å². The fourth-order valence-electron chi connectivity index (χ4n) is 13.6. The summed E-state index contributed by atoms with van der Waals surface area (Å²) < 4.78 is 20.5. The van der Waals surface area contributed by atoms with E-state index in [1.165, 1.54) is 12.8 Å². The number of imidazole rings is 1. The maximum absolute atomic E-state index is 13.3. The third-order valence-corrected chi connectivity index (χ3v) is 16.5. The van der Waals surface area contributed by atoms with Crippen molar-refractivity contribution in [3.05, 3.63) is 18.2 Å². The van der Waals surface area contributed by atoms with Crippen LogP contribution in [0.15, 0.2) is 12.5 Å². The van der Waals surface area contributed by atoms with Crippen LogP contribution in [0.5, 0.6) is 0 Å². The van der Waals surface area contributed by atoms with Gasteiger partial charge in [-0.25, -0.2) is 4.98 Å². The standard InChI is InChI=1S/C40H65N3O7/c1-24(18-27(48-9)33(45)36(4,5)47)25-19-30(44)38(7)29-11-10-28-35(2,3)31(12-13-39(28)22-40(29,39)15-14-37(25,38)6)50-32-21-43(16-17-49-32)34(46)26-20-41-23-42(26)8/h20,23-25,27-33,44-45,47H,10-19,21-22H2,1-9H3/t24-,25-,27?,28+,29?,30+,31?,32+,33?,37?,38-,39?,40?/m1/s1. The summed E-state index contributed by atoms with van der Waals surface area (Å²) in [6.45, 7) is 16.7. The number of carbonyl (C=O) groups is 1. The van der Waals surface area contributed by atoms with Gasteiger partial charge in [-0.15, -0.1) is 0 Å². The van der Waals surface area contributed by atoms with E-state index in [4.69, 9.17) is 14.2 Å². The average molecular weight is 700 g/mol. The lowest BCUT2D eigenvalue weighted by atomic mass is 9.41. The van der Waals surface area contributed by atoms with E-state index in [0.29, 0.717) is 55.0 Å². The van der Waals surface area contributed by atoms with Crippen LogP contribution in [0.3, 0.4) is 0 Å². The van der Waals surface area contributed by atoms with Crippen LogP contribution in [0.25, 0.3) is 0 Å². The van der Waals surface area contributed by atoms with Gasteiger partial charge in [0.15, 0.2) is 6.29 Å². The van der Waals surface area contributed by atoms with Gasteiger partial charge in [-0.3, -0.25) is 4.79 Å². The van der Waals surface area contributed by atoms with Crippen LogP contribution >= 0.6 is 0 Å². The summed E-state index contributed by atoms with van der Waals surface area (Å²) in [6, 6.07) is 0. The third kappa shape index (κ3) is 5.15. The van der Waals surface area contributed by atoms with E-state index in [2.05, 4.69) is 39.6 Å². The van der Waals surface area contributed by atoms with Gasteiger partial charge in [-0.2, -0.15) is 0 Å². The lowest BCUT2D eigenvalue weighted by Gasteiger charge is -2.64. The van der Waals surface area contributed by atoms with Crippen molar-refractivity contribution in [2.24, 2.45) is 57.8 Å². The van der Waals surface area contributed by atoms with E-state index in [1.807, 2.05) is 11.9 Å². The fourth-order valence-corrected chi connectivity index (χ4v) is 13.6. The quantitative estimate of drug-likeness (QED) is 0.322. The second-order valence-corrected chi connectivity index (χ2v) is 19.2. The molecule has 7 unspecified atom stereocenters. The highest BCUT2D eigenvalue weighted by Gasteiger charge is 2.83. The highest BCUT2D eigenvalue weighted by atomic mass is 16.7. The molecular weight excluding hydrogens is 634 g/mol. The molecule has 6 aliphatic rings. The van der Waals surface area contributed by atoms with Crippen molar-refractivity contribution < 1.29 is 34.3 Å². The van der Waals surface area contributed by atoms with Crippen molar-refractivity contribution in [2.75, 3.05) is 26.8 Å². The van der Waals surface area contributed by atoms with Crippen molar-refractivity contribution >= 4 is 5.91 Å². The first-order valence-corrected chi connectivity index (χ1v) is 19.5. The van der Waals surface area contributed by atoms with Crippen LogP contribution in [-0.4, -0.2) is 98.8 Å². The number of nitrogens with zero attached hydrogens (tertiary/aromatic N) is 3. The lowest BCUT2D eigenvalue weighted by Crippen LogP contribution is -2.60. The minimum absolute atomic E-state index is 0.0106. The van der Waals surface area contributed by atoms with E-state index in [-0.39, 0.29) is 45.7 Å². The van der Waals surface area contributed by atoms with E-state index >= 15 is 0 Å². The summed E-state index contributed by atoms with van der Waals surface area (Å²) in [5, 5.41) is 33.6. The monoisotopic (exact) mass is 699 g/mol. The summed E-state index contributed by atoms with van der Waals surface area (Å²) in [4.78, 5) is 19.2. The number of aliphatic hydroxyl groups is 3. The Kier molecular flexibility index (Phi) is 9.00. The molecule has 7 rings (SSSR count). The highest BCUT2D eigenvalue weighted by Crippen LogP contribution is 2.89. The zero-order valence-corrected chi connectivity index (χ0v) is 32.2. The number of aliphatic hydroxyl groups excluding tert-OH is 2. The number of aromatic nitrogens is 2. The summed E-state index contributed by atoms with van der Waals surface area (Å²) in [5.41, 5.74) is -0.323. The molecule has 1 saturated heterocycles. The summed E-state index contributed by atoms with van der Waals surface area (Å²) >= 11 is 0. The molecule has 1 aliphatic heterocycles. The molecule has 2 spiro atoms. The number of fused-ring (bicyclic) bond motifs is 2. The molecule has 282 valence electrons. The molecule has 1 amide bonds. The van der Waals surface area contributed by atoms with Gasteiger partial charge in [-0.05, 0) is 117 Å². The number of aryl methyl sites for hydroxylation is 1. The van der Waals surface area contributed by atoms with E-state index < -0.39 is 24.1 Å². The van der Waals surface area contributed by atoms with Gasteiger partial charge >= 0.3 is 0 Å².